The average Bonchev–Trinajstić information content (AvgIpc) is 3.05. The Bertz CT molecular complexity index is 1000. The summed E-state index contributed by atoms with van der Waals surface area (Å²) in [4.78, 5) is 0. The molecule has 1 heterocycles. The molecule has 0 saturated carbocycles. The Hall–Kier alpha value is -3.45. The van der Waals surface area contributed by atoms with Crippen molar-refractivity contribution in [3.63, 3.8) is 0 Å². The highest BCUT2D eigenvalue weighted by Gasteiger charge is 2.24. The van der Waals surface area contributed by atoms with Crippen LogP contribution in [0.2, 0.25) is 0 Å². The van der Waals surface area contributed by atoms with Crippen LogP contribution in [-0.4, -0.2) is 0 Å². The summed E-state index contributed by atoms with van der Waals surface area (Å²) < 4.78 is 6.23. The van der Waals surface area contributed by atoms with Crippen molar-refractivity contribution in [1.29, 1.82) is 0 Å². The lowest BCUT2D eigenvalue weighted by molar-refractivity contribution is 0.155. The van der Waals surface area contributed by atoms with E-state index in [4.69, 9.17) is 4.74 Å². The van der Waals surface area contributed by atoms with Crippen LogP contribution in [0.5, 0.6) is 0 Å². The Morgan fingerprint density at radius 1 is 0.750 bits per heavy atom. The minimum atomic E-state index is 0.0551. The van der Waals surface area contributed by atoms with Crippen molar-refractivity contribution in [3.05, 3.63) is 132 Å². The molecular weight excluding hydrogens is 340 g/mol. The molecule has 0 aliphatic carbocycles. The molecule has 3 aromatic rings. The smallest absolute Gasteiger partial charge is 0.154 e. The fraction of sp³-hybridized carbons (Fsp3) is 0.0741. The third kappa shape index (κ3) is 4.44. The maximum Gasteiger partial charge on any atom is 0.154 e. The standard InChI is InChI=1S/C27H23O/c1-2-7-16-23(15-6-1)25-18-10-11-19-26(25)27-21-20-24(28-27)17-9-8-14-22-12-4-3-5-13-22/h1-20,27H,21H2/q+1/b14-8+,17-9+. The maximum atomic E-state index is 6.23. The fourth-order valence-corrected chi connectivity index (χ4v) is 3.39. The van der Waals surface area contributed by atoms with Crippen LogP contribution < -0.4 is 0 Å². The van der Waals surface area contributed by atoms with Crippen LogP contribution in [0.25, 0.3) is 17.2 Å². The summed E-state index contributed by atoms with van der Waals surface area (Å²) in [5.41, 5.74) is 4.86. The van der Waals surface area contributed by atoms with E-state index in [0.717, 1.165) is 12.2 Å². The Morgan fingerprint density at radius 2 is 1.43 bits per heavy atom. The van der Waals surface area contributed by atoms with E-state index in [0.29, 0.717) is 0 Å². The molecule has 4 rings (SSSR count). The molecule has 1 unspecified atom stereocenters. The molecule has 0 fully saturated rings. The molecule has 136 valence electrons. The van der Waals surface area contributed by atoms with Gasteiger partial charge in [0.05, 0.1) is 16.7 Å². The molecule has 0 aromatic heterocycles. The number of allylic oxidation sites excluding steroid dienone is 3. The summed E-state index contributed by atoms with van der Waals surface area (Å²) in [5, 5.41) is 0. The van der Waals surface area contributed by atoms with Crippen molar-refractivity contribution in [3.8, 4) is 11.1 Å². The van der Waals surface area contributed by atoms with Crippen molar-refractivity contribution in [2.45, 2.75) is 12.5 Å². The highest BCUT2D eigenvalue weighted by Crippen LogP contribution is 2.37. The third-order valence-electron chi connectivity index (χ3n) is 4.77. The minimum Gasteiger partial charge on any atom is -0.478 e. The van der Waals surface area contributed by atoms with Crippen LogP contribution in [0.4, 0.5) is 0 Å². The summed E-state index contributed by atoms with van der Waals surface area (Å²) >= 11 is 0. The van der Waals surface area contributed by atoms with Crippen LogP contribution in [0.3, 0.4) is 0 Å². The van der Waals surface area contributed by atoms with E-state index in [-0.39, 0.29) is 6.10 Å². The first-order chi connectivity index (χ1) is 13.9. The number of ether oxygens (including phenoxy) is 1. The van der Waals surface area contributed by atoms with Crippen LogP contribution in [-0.2, 0) is 4.74 Å². The van der Waals surface area contributed by atoms with Crippen molar-refractivity contribution < 1.29 is 4.74 Å². The molecule has 0 N–H and O–H groups in total. The second-order valence-corrected chi connectivity index (χ2v) is 6.72. The van der Waals surface area contributed by atoms with Crippen molar-refractivity contribution in [2.75, 3.05) is 0 Å². The molecule has 3 aromatic carbocycles. The van der Waals surface area contributed by atoms with Gasteiger partial charge in [0.15, 0.2) is 6.10 Å². The van der Waals surface area contributed by atoms with Crippen molar-refractivity contribution in [2.24, 2.45) is 0 Å². The van der Waals surface area contributed by atoms with E-state index < -0.39 is 0 Å². The first-order valence-electron chi connectivity index (χ1n) is 9.64. The van der Waals surface area contributed by atoms with E-state index in [9.17, 15) is 0 Å². The normalized spacial score (nSPS) is 16.3. The maximum absolute atomic E-state index is 6.23. The molecule has 0 radical (unpaired) electrons. The van der Waals surface area contributed by atoms with E-state index in [1.165, 1.54) is 22.3 Å². The molecule has 0 saturated heterocycles. The Morgan fingerprint density at radius 3 is 2.25 bits per heavy atom. The van der Waals surface area contributed by atoms with E-state index >= 15 is 0 Å². The molecule has 1 aliphatic rings. The SMILES string of the molecule is C1=C(/C=C/C=C/c2ccccc2)OC(c2ccccc2-[c+]2cccccc2)C1. The molecule has 0 spiro atoms. The van der Waals surface area contributed by atoms with Gasteiger partial charge in [0.25, 0.3) is 0 Å². The summed E-state index contributed by atoms with van der Waals surface area (Å²) in [5.74, 6) is 0.927. The fourth-order valence-electron chi connectivity index (χ4n) is 3.39. The number of hydrogen-bond acceptors (Lipinski definition) is 1. The van der Waals surface area contributed by atoms with Gasteiger partial charge in [-0.2, -0.15) is 0 Å². The van der Waals surface area contributed by atoms with Crippen molar-refractivity contribution >= 4 is 6.08 Å². The monoisotopic (exact) mass is 363 g/mol. The lowest BCUT2D eigenvalue weighted by atomic mass is 9.96. The Labute approximate surface area is 167 Å². The van der Waals surface area contributed by atoms with E-state index in [1.54, 1.807) is 0 Å². The highest BCUT2D eigenvalue weighted by atomic mass is 16.5. The average molecular weight is 363 g/mol. The van der Waals surface area contributed by atoms with Gasteiger partial charge in [-0.05, 0) is 60.2 Å². The van der Waals surface area contributed by atoms with E-state index in [2.05, 4.69) is 72.8 Å². The zero-order valence-corrected chi connectivity index (χ0v) is 15.7. The lowest BCUT2D eigenvalue weighted by Crippen LogP contribution is -1.99. The molecule has 1 nitrogen and oxygen atoms in total. The third-order valence-corrected chi connectivity index (χ3v) is 4.77. The Balaban J connectivity index is 1.46. The van der Waals surface area contributed by atoms with Gasteiger partial charge in [0.1, 0.15) is 5.76 Å². The summed E-state index contributed by atoms with van der Waals surface area (Å²) in [6.07, 6.45) is 11.3. The van der Waals surface area contributed by atoms with Crippen LogP contribution >= 0.6 is 0 Å². The van der Waals surface area contributed by atoms with Gasteiger partial charge in [-0.3, -0.25) is 0 Å². The quantitative estimate of drug-likeness (QED) is 0.343. The summed E-state index contributed by atoms with van der Waals surface area (Å²) in [6.45, 7) is 0. The van der Waals surface area contributed by atoms with Gasteiger partial charge in [-0.1, -0.05) is 48.6 Å². The largest absolute Gasteiger partial charge is 0.478 e. The van der Waals surface area contributed by atoms with E-state index in [1.807, 2.05) is 48.6 Å². The topological polar surface area (TPSA) is 9.23 Å². The van der Waals surface area contributed by atoms with Gasteiger partial charge in [0.2, 0.25) is 0 Å². The number of rotatable bonds is 5. The molecule has 0 amide bonds. The molecule has 1 atom stereocenters. The molecule has 0 bridgehead atoms. The molecule has 1 aliphatic heterocycles. The number of benzene rings is 2. The first-order valence-corrected chi connectivity index (χ1v) is 9.64. The second kappa shape index (κ2) is 8.96. The predicted octanol–water partition coefficient (Wildman–Crippen LogP) is 7.25. The summed E-state index contributed by atoms with van der Waals surface area (Å²) in [7, 11) is 0. The van der Waals surface area contributed by atoms with Crippen LogP contribution in [0.15, 0.2) is 121 Å². The van der Waals surface area contributed by atoms with Gasteiger partial charge in [0, 0.05) is 24.6 Å². The first kappa shape index (κ1) is 17.9. The van der Waals surface area contributed by atoms with Gasteiger partial charge >= 0.3 is 0 Å². The van der Waals surface area contributed by atoms with Crippen molar-refractivity contribution in [1.82, 2.24) is 0 Å². The zero-order chi connectivity index (χ0) is 19.0. The number of hydrogen-bond donors (Lipinski definition) is 0. The zero-order valence-electron chi connectivity index (χ0n) is 15.7. The van der Waals surface area contributed by atoms with Gasteiger partial charge in [-0.15, -0.1) is 0 Å². The van der Waals surface area contributed by atoms with Gasteiger partial charge < -0.3 is 4.74 Å². The highest BCUT2D eigenvalue weighted by molar-refractivity contribution is 5.67. The van der Waals surface area contributed by atoms with Crippen LogP contribution in [0.1, 0.15) is 23.7 Å². The lowest BCUT2D eigenvalue weighted by Gasteiger charge is -2.12. The molecular formula is C27H23O+. The predicted molar refractivity (Wildman–Crippen MR) is 117 cm³/mol. The summed E-state index contributed by atoms with van der Waals surface area (Å²) in [6, 6.07) is 31.3. The second-order valence-electron chi connectivity index (χ2n) is 6.72. The molecule has 1 heteroatoms. The minimum absolute atomic E-state index is 0.0551. The van der Waals surface area contributed by atoms with Gasteiger partial charge in [-0.25, -0.2) is 0 Å². The Kier molecular flexibility index (Phi) is 5.74. The van der Waals surface area contributed by atoms with Crippen LogP contribution in [0, 0.1) is 0 Å². The molecule has 28 heavy (non-hydrogen) atoms.